The zero-order valence-corrected chi connectivity index (χ0v) is 18.8. The molecule has 1 saturated heterocycles. The van der Waals surface area contributed by atoms with Crippen LogP contribution < -0.4 is 21.3 Å². The average molecular weight is 456 g/mol. The Balaban J connectivity index is 1.52. The van der Waals surface area contributed by atoms with Crippen LogP contribution in [0.4, 0.5) is 21.5 Å². The molecule has 5 rings (SSSR count). The van der Waals surface area contributed by atoms with Crippen molar-refractivity contribution in [1.82, 2.24) is 15.1 Å². The highest BCUT2D eigenvalue weighted by Crippen LogP contribution is 2.35. The lowest BCUT2D eigenvalue weighted by Crippen LogP contribution is -2.43. The summed E-state index contributed by atoms with van der Waals surface area (Å²) in [6.45, 7) is 4.60. The highest BCUT2D eigenvalue weighted by atomic mass is 35.5. The molecule has 168 valence electrons. The summed E-state index contributed by atoms with van der Waals surface area (Å²) >= 11 is 6.74. The fourth-order valence-electron chi connectivity index (χ4n) is 4.13. The van der Waals surface area contributed by atoms with Crippen molar-refractivity contribution in [1.29, 1.82) is 0 Å². The standard InChI is InChI=1S/C23H27ClFN7/c1-31-13-15-8-16(9-19(25)22(15)30-31)29-23(26)21-18(24)10-17(32-6-4-27-5-7-32)11-20(21)28-12-14-2-3-14/h8-11,13-14,27-28H,2-7,12H2,1H3,(H2,26,29). The lowest BCUT2D eigenvalue weighted by atomic mass is 10.1. The van der Waals surface area contributed by atoms with Gasteiger partial charge in [-0.1, -0.05) is 11.6 Å². The first-order chi connectivity index (χ1) is 15.5. The van der Waals surface area contributed by atoms with Crippen molar-refractivity contribution in [3.05, 3.63) is 46.9 Å². The number of nitrogens with one attached hydrogen (secondary N) is 2. The van der Waals surface area contributed by atoms with Crippen LogP contribution in [-0.2, 0) is 7.05 Å². The summed E-state index contributed by atoms with van der Waals surface area (Å²) in [7, 11) is 1.76. The van der Waals surface area contributed by atoms with E-state index in [1.807, 2.05) is 6.07 Å². The lowest BCUT2D eigenvalue weighted by molar-refractivity contribution is 0.589. The quantitative estimate of drug-likeness (QED) is 0.390. The smallest absolute Gasteiger partial charge is 0.153 e. The Morgan fingerprint density at radius 1 is 1.28 bits per heavy atom. The van der Waals surface area contributed by atoms with E-state index in [9.17, 15) is 4.39 Å². The third-order valence-corrected chi connectivity index (χ3v) is 6.30. The largest absolute Gasteiger partial charge is 0.384 e. The van der Waals surface area contributed by atoms with Gasteiger partial charge in [0.1, 0.15) is 11.4 Å². The normalized spacial score (nSPS) is 17.2. The molecule has 2 heterocycles. The minimum Gasteiger partial charge on any atom is -0.384 e. The molecule has 0 unspecified atom stereocenters. The number of hydrogen-bond donors (Lipinski definition) is 3. The SMILES string of the molecule is Cn1cc2cc(N=C(N)c3c(Cl)cc(N4CCNCC4)cc3NCC3CC3)cc(F)c2n1. The Bertz CT molecular complexity index is 1180. The number of aromatic nitrogens is 2. The van der Waals surface area contributed by atoms with Crippen LogP contribution >= 0.6 is 11.6 Å². The minimum absolute atomic E-state index is 0.253. The van der Waals surface area contributed by atoms with E-state index in [1.54, 1.807) is 24.0 Å². The van der Waals surface area contributed by atoms with Crippen molar-refractivity contribution in [2.24, 2.45) is 23.7 Å². The predicted octanol–water partition coefficient (Wildman–Crippen LogP) is 3.63. The van der Waals surface area contributed by atoms with Crippen molar-refractivity contribution in [2.45, 2.75) is 12.8 Å². The van der Waals surface area contributed by atoms with E-state index in [0.717, 1.165) is 44.1 Å². The van der Waals surface area contributed by atoms with E-state index in [-0.39, 0.29) is 5.84 Å². The van der Waals surface area contributed by atoms with Gasteiger partial charge in [-0.2, -0.15) is 5.10 Å². The number of nitrogens with zero attached hydrogens (tertiary/aromatic N) is 4. The van der Waals surface area contributed by atoms with Crippen LogP contribution in [0.15, 0.2) is 35.5 Å². The first-order valence-corrected chi connectivity index (χ1v) is 11.4. The van der Waals surface area contributed by atoms with Gasteiger partial charge in [-0.25, -0.2) is 9.38 Å². The maximum absolute atomic E-state index is 14.5. The van der Waals surface area contributed by atoms with Crippen LogP contribution in [0.25, 0.3) is 10.9 Å². The van der Waals surface area contributed by atoms with Crippen LogP contribution in [-0.4, -0.2) is 48.3 Å². The fraction of sp³-hybridized carbons (Fsp3) is 0.391. The maximum Gasteiger partial charge on any atom is 0.153 e. The average Bonchev–Trinajstić information content (AvgIpc) is 3.52. The molecule has 0 bridgehead atoms. The van der Waals surface area contributed by atoms with Crippen molar-refractivity contribution in [3.8, 4) is 0 Å². The van der Waals surface area contributed by atoms with Gasteiger partial charge in [-0.05, 0) is 37.0 Å². The molecule has 0 spiro atoms. The molecule has 3 aromatic rings. The highest BCUT2D eigenvalue weighted by molar-refractivity contribution is 6.35. The summed E-state index contributed by atoms with van der Waals surface area (Å²) in [6.07, 6.45) is 4.23. The van der Waals surface area contributed by atoms with Crippen LogP contribution in [0.5, 0.6) is 0 Å². The number of hydrogen-bond acceptors (Lipinski definition) is 5. The molecule has 0 radical (unpaired) electrons. The summed E-state index contributed by atoms with van der Waals surface area (Å²) in [5, 5.41) is 12.2. The van der Waals surface area contributed by atoms with Crippen LogP contribution in [0.2, 0.25) is 5.02 Å². The molecule has 2 aliphatic rings. The van der Waals surface area contributed by atoms with Crippen molar-refractivity contribution in [3.63, 3.8) is 0 Å². The van der Waals surface area contributed by atoms with E-state index in [4.69, 9.17) is 17.3 Å². The molecule has 2 fully saturated rings. The molecule has 1 aromatic heterocycles. The predicted molar refractivity (Wildman–Crippen MR) is 129 cm³/mol. The maximum atomic E-state index is 14.5. The van der Waals surface area contributed by atoms with E-state index in [1.165, 1.54) is 18.9 Å². The molecule has 4 N–H and O–H groups in total. The summed E-state index contributed by atoms with van der Waals surface area (Å²) in [5.74, 6) is 0.509. The number of halogens is 2. The summed E-state index contributed by atoms with van der Waals surface area (Å²) < 4.78 is 16.1. The number of anilines is 2. The molecule has 2 aromatic carbocycles. The topological polar surface area (TPSA) is 83.5 Å². The minimum atomic E-state index is -0.429. The summed E-state index contributed by atoms with van der Waals surface area (Å²) in [4.78, 5) is 6.84. The van der Waals surface area contributed by atoms with E-state index in [2.05, 4.69) is 31.7 Å². The zero-order chi connectivity index (χ0) is 22.2. The molecule has 9 heteroatoms. The Morgan fingerprint density at radius 2 is 2.06 bits per heavy atom. The first kappa shape index (κ1) is 21.0. The molecular weight excluding hydrogens is 429 g/mol. The van der Waals surface area contributed by atoms with E-state index >= 15 is 0 Å². The third kappa shape index (κ3) is 4.38. The van der Waals surface area contributed by atoms with Gasteiger partial charge in [-0.15, -0.1) is 0 Å². The van der Waals surface area contributed by atoms with Gasteiger partial charge in [0.15, 0.2) is 5.82 Å². The van der Waals surface area contributed by atoms with Crippen LogP contribution in [0, 0.1) is 11.7 Å². The van der Waals surface area contributed by atoms with Crippen molar-refractivity contribution in [2.75, 3.05) is 42.9 Å². The van der Waals surface area contributed by atoms with E-state index < -0.39 is 5.82 Å². The van der Waals surface area contributed by atoms with Crippen LogP contribution in [0.1, 0.15) is 18.4 Å². The molecule has 32 heavy (non-hydrogen) atoms. The number of piperazine rings is 1. The van der Waals surface area contributed by atoms with Gasteiger partial charge in [-0.3, -0.25) is 4.68 Å². The number of aliphatic imine (C=N–C) groups is 1. The highest BCUT2D eigenvalue weighted by Gasteiger charge is 2.23. The monoisotopic (exact) mass is 455 g/mol. The molecular formula is C23H27ClFN7. The number of rotatable bonds is 6. The number of benzene rings is 2. The Morgan fingerprint density at radius 3 is 2.81 bits per heavy atom. The molecule has 0 atom stereocenters. The van der Waals surface area contributed by atoms with Crippen molar-refractivity contribution < 1.29 is 4.39 Å². The third-order valence-electron chi connectivity index (χ3n) is 6.00. The fourth-order valence-corrected chi connectivity index (χ4v) is 4.44. The molecule has 7 nitrogen and oxygen atoms in total. The Hall–Kier alpha value is -2.84. The van der Waals surface area contributed by atoms with E-state index in [0.29, 0.717) is 33.1 Å². The first-order valence-electron chi connectivity index (χ1n) is 11.0. The second-order valence-corrected chi connectivity index (χ2v) is 8.98. The molecule has 1 aliphatic carbocycles. The number of amidine groups is 1. The van der Waals surface area contributed by atoms with Crippen molar-refractivity contribution >= 4 is 45.4 Å². The second kappa shape index (κ2) is 8.60. The Kier molecular flexibility index (Phi) is 5.65. The number of nitrogens with two attached hydrogens (primary N) is 1. The van der Waals surface area contributed by atoms with Gasteiger partial charge in [0.25, 0.3) is 0 Å². The van der Waals surface area contributed by atoms with Crippen LogP contribution in [0.3, 0.4) is 0 Å². The molecule has 1 saturated carbocycles. The van der Waals surface area contributed by atoms with Gasteiger partial charge < -0.3 is 21.3 Å². The molecule has 1 aliphatic heterocycles. The summed E-state index contributed by atoms with van der Waals surface area (Å²) in [5.41, 5.74) is 9.76. The van der Waals surface area contributed by atoms with Gasteiger partial charge in [0.05, 0.1) is 16.3 Å². The number of fused-ring (bicyclic) bond motifs is 1. The molecule has 0 amide bonds. The second-order valence-electron chi connectivity index (χ2n) is 8.58. The van der Waals surface area contributed by atoms with Gasteiger partial charge in [0, 0.05) is 68.8 Å². The van der Waals surface area contributed by atoms with Gasteiger partial charge in [0.2, 0.25) is 0 Å². The number of aryl methyl sites for hydroxylation is 1. The van der Waals surface area contributed by atoms with Gasteiger partial charge >= 0.3 is 0 Å². The lowest BCUT2D eigenvalue weighted by Gasteiger charge is -2.30. The summed E-state index contributed by atoms with van der Waals surface area (Å²) in [6, 6.07) is 7.17. The zero-order valence-electron chi connectivity index (χ0n) is 18.0. The Labute approximate surface area is 191 Å².